The van der Waals surface area contributed by atoms with Crippen LogP contribution in [0.4, 0.5) is 0 Å². The van der Waals surface area contributed by atoms with Gasteiger partial charge in [0.15, 0.2) is 0 Å². The number of carbonyl (C=O) groups excluding carboxylic acids is 1. The number of fused-ring (bicyclic) bond motifs is 3. The monoisotopic (exact) mass is 301 g/mol. The van der Waals surface area contributed by atoms with E-state index in [1.807, 2.05) is 0 Å². The van der Waals surface area contributed by atoms with Gasteiger partial charge < -0.3 is 15.2 Å². The predicted octanol–water partition coefficient (Wildman–Crippen LogP) is 1.62. The smallest absolute Gasteiger partial charge is 0.224 e. The Balaban J connectivity index is 1.28. The molecule has 4 unspecified atom stereocenters. The standard InChI is InChI=1S/C18H23NO3/c20-17(19-8-7-18(21)6-3-9-22-11-18)16-14-10-12-4-1-2-5-13(12)15(14)16/h1-2,4-5,14-16,21H,3,6-11H2,(H,19,20). The third kappa shape index (κ3) is 2.44. The van der Waals surface area contributed by atoms with E-state index >= 15 is 0 Å². The molecule has 2 N–H and O–H groups in total. The Morgan fingerprint density at radius 1 is 1.41 bits per heavy atom. The molecule has 1 amide bonds. The fourth-order valence-corrected chi connectivity index (χ4v) is 4.28. The maximum atomic E-state index is 12.4. The van der Waals surface area contributed by atoms with Gasteiger partial charge in [-0.25, -0.2) is 0 Å². The van der Waals surface area contributed by atoms with E-state index in [2.05, 4.69) is 29.6 Å². The summed E-state index contributed by atoms with van der Waals surface area (Å²) < 4.78 is 5.34. The Bertz CT molecular complexity index is 579. The maximum Gasteiger partial charge on any atom is 0.224 e. The van der Waals surface area contributed by atoms with Crippen molar-refractivity contribution in [1.29, 1.82) is 0 Å². The molecule has 0 bridgehead atoms. The average molecular weight is 301 g/mol. The normalized spacial score (nSPS) is 35.6. The van der Waals surface area contributed by atoms with Crippen LogP contribution in [0.1, 0.15) is 36.3 Å². The number of rotatable bonds is 4. The van der Waals surface area contributed by atoms with E-state index in [0.29, 0.717) is 31.4 Å². The number of hydrogen-bond acceptors (Lipinski definition) is 3. The molecule has 4 rings (SSSR count). The van der Waals surface area contributed by atoms with Crippen molar-refractivity contribution in [2.24, 2.45) is 11.8 Å². The fraction of sp³-hybridized carbons (Fsp3) is 0.611. The van der Waals surface area contributed by atoms with Gasteiger partial charge in [0.05, 0.1) is 12.2 Å². The molecule has 1 heterocycles. The SMILES string of the molecule is O=C(NCCC1(O)CCCOC1)C1C2Cc3ccccc3C21. The van der Waals surface area contributed by atoms with E-state index in [-0.39, 0.29) is 11.8 Å². The van der Waals surface area contributed by atoms with E-state index in [1.54, 1.807) is 0 Å². The molecule has 2 aliphatic carbocycles. The molecule has 3 aliphatic rings. The molecule has 1 saturated heterocycles. The predicted molar refractivity (Wildman–Crippen MR) is 82.5 cm³/mol. The van der Waals surface area contributed by atoms with Crippen LogP contribution in [0.15, 0.2) is 24.3 Å². The highest BCUT2D eigenvalue weighted by Gasteiger charge is 2.59. The molecule has 2 fully saturated rings. The van der Waals surface area contributed by atoms with Gasteiger partial charge in [-0.15, -0.1) is 0 Å². The van der Waals surface area contributed by atoms with Crippen LogP contribution in [0, 0.1) is 11.8 Å². The summed E-state index contributed by atoms with van der Waals surface area (Å²) in [5, 5.41) is 13.4. The molecule has 1 aromatic rings. The second-order valence-electron chi connectivity index (χ2n) is 7.04. The zero-order chi connectivity index (χ0) is 15.2. The van der Waals surface area contributed by atoms with Crippen molar-refractivity contribution in [2.75, 3.05) is 19.8 Å². The summed E-state index contributed by atoms with van der Waals surface area (Å²) in [6.45, 7) is 1.67. The van der Waals surface area contributed by atoms with Gasteiger partial charge in [-0.05, 0) is 48.6 Å². The first-order valence-corrected chi connectivity index (χ1v) is 8.34. The molecule has 22 heavy (non-hydrogen) atoms. The van der Waals surface area contributed by atoms with E-state index in [4.69, 9.17) is 4.74 Å². The first kappa shape index (κ1) is 14.2. The van der Waals surface area contributed by atoms with Gasteiger partial charge in [-0.3, -0.25) is 4.79 Å². The van der Waals surface area contributed by atoms with Crippen molar-refractivity contribution in [2.45, 2.75) is 37.2 Å². The van der Waals surface area contributed by atoms with Crippen molar-refractivity contribution >= 4 is 5.91 Å². The van der Waals surface area contributed by atoms with Crippen molar-refractivity contribution in [3.63, 3.8) is 0 Å². The Morgan fingerprint density at radius 2 is 2.27 bits per heavy atom. The number of amides is 1. The van der Waals surface area contributed by atoms with Crippen LogP contribution in [-0.4, -0.2) is 36.4 Å². The van der Waals surface area contributed by atoms with Crippen LogP contribution in [0.5, 0.6) is 0 Å². The summed E-state index contributed by atoms with van der Waals surface area (Å²) in [4.78, 5) is 12.4. The Labute approximate surface area is 130 Å². The summed E-state index contributed by atoms with van der Waals surface area (Å²) in [7, 11) is 0. The molecule has 4 atom stereocenters. The van der Waals surface area contributed by atoms with E-state index in [0.717, 1.165) is 25.9 Å². The summed E-state index contributed by atoms with van der Waals surface area (Å²) in [6, 6.07) is 8.48. The lowest BCUT2D eigenvalue weighted by atomic mass is 9.93. The van der Waals surface area contributed by atoms with Gasteiger partial charge in [0, 0.05) is 19.1 Å². The molecule has 0 radical (unpaired) electrons. The molecule has 0 aromatic heterocycles. The zero-order valence-electron chi connectivity index (χ0n) is 12.8. The molecule has 4 heteroatoms. The Hall–Kier alpha value is -1.39. The van der Waals surface area contributed by atoms with E-state index in [9.17, 15) is 9.90 Å². The summed E-state index contributed by atoms with van der Waals surface area (Å²) in [5.41, 5.74) is 2.03. The minimum atomic E-state index is -0.752. The third-order valence-electron chi connectivity index (χ3n) is 5.53. The topological polar surface area (TPSA) is 58.6 Å². The average Bonchev–Trinajstić information content (AvgIpc) is 3.10. The molecule has 1 aliphatic heterocycles. The largest absolute Gasteiger partial charge is 0.387 e. The highest BCUT2D eigenvalue weighted by Crippen LogP contribution is 2.61. The number of benzene rings is 1. The Morgan fingerprint density at radius 3 is 3.09 bits per heavy atom. The van der Waals surface area contributed by atoms with E-state index in [1.165, 1.54) is 11.1 Å². The van der Waals surface area contributed by atoms with Crippen molar-refractivity contribution in [3.8, 4) is 0 Å². The number of carbonyl (C=O) groups is 1. The van der Waals surface area contributed by atoms with Crippen LogP contribution < -0.4 is 5.32 Å². The van der Waals surface area contributed by atoms with Crippen LogP contribution in [-0.2, 0) is 16.0 Å². The van der Waals surface area contributed by atoms with Crippen molar-refractivity contribution in [1.82, 2.24) is 5.32 Å². The highest BCUT2D eigenvalue weighted by atomic mass is 16.5. The lowest BCUT2D eigenvalue weighted by Gasteiger charge is -2.31. The van der Waals surface area contributed by atoms with Crippen molar-refractivity contribution in [3.05, 3.63) is 35.4 Å². The fourth-order valence-electron chi connectivity index (χ4n) is 4.28. The molecule has 4 nitrogen and oxygen atoms in total. The third-order valence-corrected chi connectivity index (χ3v) is 5.53. The minimum absolute atomic E-state index is 0.146. The lowest BCUT2D eigenvalue weighted by molar-refractivity contribution is -0.123. The number of nitrogens with one attached hydrogen (secondary N) is 1. The first-order valence-electron chi connectivity index (χ1n) is 8.34. The summed E-state index contributed by atoms with van der Waals surface area (Å²) in [5.74, 6) is 1.23. The molecule has 1 saturated carbocycles. The quantitative estimate of drug-likeness (QED) is 0.888. The van der Waals surface area contributed by atoms with Crippen LogP contribution >= 0.6 is 0 Å². The molecule has 0 spiro atoms. The first-order chi connectivity index (χ1) is 10.7. The van der Waals surface area contributed by atoms with Crippen molar-refractivity contribution < 1.29 is 14.6 Å². The maximum absolute atomic E-state index is 12.4. The zero-order valence-corrected chi connectivity index (χ0v) is 12.8. The number of aliphatic hydroxyl groups is 1. The van der Waals surface area contributed by atoms with Crippen LogP contribution in [0.3, 0.4) is 0 Å². The minimum Gasteiger partial charge on any atom is -0.387 e. The highest BCUT2D eigenvalue weighted by molar-refractivity contribution is 5.84. The Kier molecular flexibility index (Phi) is 3.46. The summed E-state index contributed by atoms with van der Waals surface area (Å²) in [6.07, 6.45) is 3.28. The lowest BCUT2D eigenvalue weighted by Crippen LogP contribution is -2.42. The van der Waals surface area contributed by atoms with Gasteiger partial charge >= 0.3 is 0 Å². The number of ether oxygens (including phenoxy) is 1. The van der Waals surface area contributed by atoms with Gasteiger partial charge in [-0.2, -0.15) is 0 Å². The van der Waals surface area contributed by atoms with E-state index < -0.39 is 5.60 Å². The summed E-state index contributed by atoms with van der Waals surface area (Å²) >= 11 is 0. The molecule has 118 valence electrons. The molecular weight excluding hydrogens is 278 g/mol. The van der Waals surface area contributed by atoms with Crippen LogP contribution in [0.25, 0.3) is 0 Å². The van der Waals surface area contributed by atoms with Gasteiger partial charge in [-0.1, -0.05) is 24.3 Å². The van der Waals surface area contributed by atoms with Gasteiger partial charge in [0.2, 0.25) is 5.91 Å². The molecule has 1 aromatic carbocycles. The second kappa shape index (κ2) is 5.36. The van der Waals surface area contributed by atoms with Gasteiger partial charge in [0.25, 0.3) is 0 Å². The molecular formula is C18H23NO3. The van der Waals surface area contributed by atoms with Crippen LogP contribution in [0.2, 0.25) is 0 Å². The second-order valence-corrected chi connectivity index (χ2v) is 7.04. The number of hydrogen-bond donors (Lipinski definition) is 2. The van der Waals surface area contributed by atoms with Gasteiger partial charge in [0.1, 0.15) is 0 Å².